The van der Waals surface area contributed by atoms with Crippen molar-refractivity contribution in [1.82, 2.24) is 5.32 Å². The van der Waals surface area contributed by atoms with Crippen molar-refractivity contribution in [1.29, 1.82) is 0 Å². The van der Waals surface area contributed by atoms with E-state index in [1.54, 1.807) is 0 Å². The largest absolute Gasteiger partial charge is 0.496 e. The van der Waals surface area contributed by atoms with Crippen molar-refractivity contribution in [2.24, 2.45) is 0 Å². The standard InChI is InChI=1S/C14H18N2O5/c1-20-12-7-9(4-5-11(12)13(17)18)16-14(19)15-8-10-3-2-6-21-10/h4-5,7,10H,2-3,6,8H2,1H3,(H,17,18)(H2,15,16,19). The van der Waals surface area contributed by atoms with Crippen LogP contribution in [-0.4, -0.2) is 43.5 Å². The molecule has 0 spiro atoms. The zero-order valence-electron chi connectivity index (χ0n) is 11.7. The number of hydrogen-bond acceptors (Lipinski definition) is 4. The Labute approximate surface area is 122 Å². The van der Waals surface area contributed by atoms with Gasteiger partial charge in [0.15, 0.2) is 0 Å². The maximum atomic E-state index is 11.8. The monoisotopic (exact) mass is 294 g/mol. The second-order valence-electron chi connectivity index (χ2n) is 4.69. The minimum Gasteiger partial charge on any atom is -0.496 e. The predicted molar refractivity (Wildman–Crippen MR) is 75.9 cm³/mol. The Kier molecular flexibility index (Phi) is 4.99. The molecule has 114 valence electrons. The molecule has 1 heterocycles. The highest BCUT2D eigenvalue weighted by Gasteiger charge is 2.16. The number of carboxylic acids is 1. The summed E-state index contributed by atoms with van der Waals surface area (Å²) in [4.78, 5) is 22.7. The molecule has 1 unspecified atom stereocenters. The van der Waals surface area contributed by atoms with Gasteiger partial charge in [-0.15, -0.1) is 0 Å². The normalized spacial score (nSPS) is 17.3. The van der Waals surface area contributed by atoms with Gasteiger partial charge in [0.2, 0.25) is 0 Å². The van der Waals surface area contributed by atoms with Gasteiger partial charge < -0.3 is 25.2 Å². The first-order valence-corrected chi connectivity index (χ1v) is 6.68. The number of anilines is 1. The van der Waals surface area contributed by atoms with E-state index >= 15 is 0 Å². The number of carboxylic acid groups (broad SMARTS) is 1. The lowest BCUT2D eigenvalue weighted by Crippen LogP contribution is -2.35. The van der Waals surface area contributed by atoms with Crippen molar-refractivity contribution in [3.63, 3.8) is 0 Å². The number of carbonyl (C=O) groups excluding carboxylic acids is 1. The number of ether oxygens (including phenoxy) is 2. The zero-order valence-corrected chi connectivity index (χ0v) is 11.7. The van der Waals surface area contributed by atoms with Crippen molar-refractivity contribution in [2.75, 3.05) is 25.6 Å². The summed E-state index contributed by atoms with van der Waals surface area (Å²) >= 11 is 0. The lowest BCUT2D eigenvalue weighted by molar-refractivity contribution is 0.0693. The maximum absolute atomic E-state index is 11.8. The molecule has 1 aliphatic heterocycles. The molecule has 0 aromatic heterocycles. The number of benzene rings is 1. The molecule has 2 amide bonds. The molecule has 2 rings (SSSR count). The van der Waals surface area contributed by atoms with Gasteiger partial charge in [-0.2, -0.15) is 0 Å². The Morgan fingerprint density at radius 1 is 1.48 bits per heavy atom. The van der Waals surface area contributed by atoms with Gasteiger partial charge in [0.05, 0.1) is 13.2 Å². The van der Waals surface area contributed by atoms with Gasteiger partial charge in [-0.3, -0.25) is 0 Å². The van der Waals surface area contributed by atoms with Gasteiger partial charge in [-0.25, -0.2) is 9.59 Å². The van der Waals surface area contributed by atoms with E-state index in [2.05, 4.69) is 10.6 Å². The molecule has 1 aliphatic rings. The average Bonchev–Trinajstić information content (AvgIpc) is 2.98. The Morgan fingerprint density at radius 3 is 2.90 bits per heavy atom. The highest BCUT2D eigenvalue weighted by molar-refractivity contribution is 5.94. The smallest absolute Gasteiger partial charge is 0.339 e. The third-order valence-corrected chi connectivity index (χ3v) is 3.20. The first kappa shape index (κ1) is 15.1. The molecule has 0 aliphatic carbocycles. The summed E-state index contributed by atoms with van der Waals surface area (Å²) in [6, 6.07) is 4.00. The van der Waals surface area contributed by atoms with Gasteiger partial charge in [0.1, 0.15) is 11.3 Å². The van der Waals surface area contributed by atoms with Gasteiger partial charge in [0.25, 0.3) is 0 Å². The van der Waals surface area contributed by atoms with E-state index in [4.69, 9.17) is 14.6 Å². The fourth-order valence-electron chi connectivity index (χ4n) is 2.13. The SMILES string of the molecule is COc1cc(NC(=O)NCC2CCCO2)ccc1C(=O)O. The number of rotatable bonds is 5. The van der Waals surface area contributed by atoms with Crippen molar-refractivity contribution >= 4 is 17.7 Å². The number of aromatic carboxylic acids is 1. The zero-order chi connectivity index (χ0) is 15.2. The topological polar surface area (TPSA) is 96.9 Å². The van der Waals surface area contributed by atoms with Crippen LogP contribution in [0.2, 0.25) is 0 Å². The summed E-state index contributed by atoms with van der Waals surface area (Å²) in [5, 5.41) is 14.3. The van der Waals surface area contributed by atoms with E-state index in [1.165, 1.54) is 25.3 Å². The summed E-state index contributed by atoms with van der Waals surface area (Å²) in [6.07, 6.45) is 2.03. The van der Waals surface area contributed by atoms with Crippen molar-refractivity contribution < 1.29 is 24.2 Å². The minimum atomic E-state index is -1.08. The van der Waals surface area contributed by atoms with Crippen molar-refractivity contribution in [3.8, 4) is 5.75 Å². The van der Waals surface area contributed by atoms with E-state index < -0.39 is 5.97 Å². The summed E-state index contributed by atoms with van der Waals surface area (Å²) in [5.41, 5.74) is 0.504. The Bertz CT molecular complexity index is 526. The van der Waals surface area contributed by atoms with Crippen LogP contribution < -0.4 is 15.4 Å². The van der Waals surface area contributed by atoms with E-state index in [0.717, 1.165) is 19.4 Å². The molecule has 1 aromatic carbocycles. The second kappa shape index (κ2) is 6.94. The molecule has 1 saturated heterocycles. The third kappa shape index (κ3) is 4.09. The number of nitrogens with one attached hydrogen (secondary N) is 2. The molecule has 1 fully saturated rings. The van der Waals surface area contributed by atoms with Crippen molar-refractivity contribution in [3.05, 3.63) is 23.8 Å². The molecule has 3 N–H and O–H groups in total. The fraction of sp³-hybridized carbons (Fsp3) is 0.429. The third-order valence-electron chi connectivity index (χ3n) is 3.20. The van der Waals surface area contributed by atoms with Crippen LogP contribution in [0.1, 0.15) is 23.2 Å². The molecular weight excluding hydrogens is 276 g/mol. The summed E-state index contributed by atoms with van der Waals surface area (Å²) in [5.74, 6) is -0.888. The molecule has 1 aromatic rings. The predicted octanol–water partition coefficient (Wildman–Crippen LogP) is 1.69. The quantitative estimate of drug-likeness (QED) is 0.768. The molecule has 21 heavy (non-hydrogen) atoms. The van der Waals surface area contributed by atoms with Gasteiger partial charge in [-0.1, -0.05) is 0 Å². The van der Waals surface area contributed by atoms with E-state index in [0.29, 0.717) is 12.2 Å². The Balaban J connectivity index is 1.92. The second-order valence-corrected chi connectivity index (χ2v) is 4.69. The van der Waals surface area contributed by atoms with Crippen LogP contribution >= 0.6 is 0 Å². The van der Waals surface area contributed by atoms with Crippen LogP contribution in [0.15, 0.2) is 18.2 Å². The van der Waals surface area contributed by atoms with Crippen LogP contribution in [-0.2, 0) is 4.74 Å². The Hall–Kier alpha value is -2.28. The van der Waals surface area contributed by atoms with Crippen LogP contribution in [0, 0.1) is 0 Å². The first-order chi connectivity index (χ1) is 10.1. The van der Waals surface area contributed by atoms with Gasteiger partial charge in [-0.05, 0) is 25.0 Å². The van der Waals surface area contributed by atoms with Crippen molar-refractivity contribution in [2.45, 2.75) is 18.9 Å². The highest BCUT2D eigenvalue weighted by atomic mass is 16.5. The van der Waals surface area contributed by atoms with E-state index in [-0.39, 0.29) is 23.4 Å². The number of carbonyl (C=O) groups is 2. The van der Waals surface area contributed by atoms with Crippen LogP contribution in [0.25, 0.3) is 0 Å². The highest BCUT2D eigenvalue weighted by Crippen LogP contribution is 2.23. The lowest BCUT2D eigenvalue weighted by atomic mass is 10.2. The van der Waals surface area contributed by atoms with Crippen LogP contribution in [0.4, 0.5) is 10.5 Å². The fourth-order valence-corrected chi connectivity index (χ4v) is 2.13. The molecule has 0 bridgehead atoms. The first-order valence-electron chi connectivity index (χ1n) is 6.68. The summed E-state index contributed by atoms with van der Waals surface area (Å²) < 4.78 is 10.4. The van der Waals surface area contributed by atoms with Gasteiger partial charge >= 0.3 is 12.0 Å². The summed E-state index contributed by atoms with van der Waals surface area (Å²) in [6.45, 7) is 1.19. The molecule has 7 heteroatoms. The van der Waals surface area contributed by atoms with E-state index in [1.807, 2.05) is 0 Å². The number of methoxy groups -OCH3 is 1. The van der Waals surface area contributed by atoms with Crippen LogP contribution in [0.5, 0.6) is 5.75 Å². The molecule has 0 radical (unpaired) electrons. The average molecular weight is 294 g/mol. The lowest BCUT2D eigenvalue weighted by Gasteiger charge is -2.12. The molecule has 7 nitrogen and oxygen atoms in total. The van der Waals surface area contributed by atoms with E-state index in [9.17, 15) is 9.59 Å². The van der Waals surface area contributed by atoms with Gasteiger partial charge in [0, 0.05) is 24.9 Å². The number of hydrogen-bond donors (Lipinski definition) is 3. The minimum absolute atomic E-state index is 0.0443. The molecule has 1 atom stereocenters. The van der Waals surface area contributed by atoms with Crippen LogP contribution in [0.3, 0.4) is 0 Å². The maximum Gasteiger partial charge on any atom is 0.339 e. The Morgan fingerprint density at radius 2 is 2.29 bits per heavy atom. The number of urea groups is 1. The molecular formula is C14H18N2O5. The number of amides is 2. The molecule has 0 saturated carbocycles. The summed E-state index contributed by atoms with van der Waals surface area (Å²) in [7, 11) is 1.38.